The fraction of sp³-hybridized carbons (Fsp3) is 0.347. The van der Waals surface area contributed by atoms with Crippen molar-refractivity contribution in [1.82, 2.24) is 24.5 Å². The minimum Gasteiger partial charge on any atom is -0.339 e. The van der Waals surface area contributed by atoms with Crippen LogP contribution in [0.5, 0.6) is 0 Å². The zero-order valence-corrected chi connectivity index (χ0v) is 43.3. The molecule has 30 heteroatoms. The van der Waals surface area contributed by atoms with Gasteiger partial charge in [0.25, 0.3) is 5.91 Å². The summed E-state index contributed by atoms with van der Waals surface area (Å²) in [5.74, 6) is -0.368. The van der Waals surface area contributed by atoms with Gasteiger partial charge in [0.2, 0.25) is 0 Å². The Morgan fingerprint density at radius 2 is 0.899 bits per heavy atom. The Bertz CT molecular complexity index is 3180. The maximum absolute atomic E-state index is 14.4. The SMILES string of the molecule is CI.CN(C(=O)c1cc(-c2cnn(-c3ccc(C(F)(C(F)(F)F)C(F)(F)F)cc3C(F)(F)F)c2)ccc1Cl)C1CC1.O=C(CC1CC1)c1cc(-c2cnn(-c3ccc(C(F)(C(F)(F)F)C(F)(F)F)cc3C(F)(F)F)c2)ccc1Cl. The minimum absolute atomic E-state index is 0.0240. The first kappa shape index (κ1) is 62.5. The van der Waals surface area contributed by atoms with Gasteiger partial charge in [0.05, 0.1) is 50.5 Å². The molecule has 4 aromatic carbocycles. The van der Waals surface area contributed by atoms with E-state index < -0.39 is 100 Å². The second kappa shape index (κ2) is 22.4. The van der Waals surface area contributed by atoms with Gasteiger partial charge in [0.15, 0.2) is 5.78 Å². The van der Waals surface area contributed by atoms with Crippen LogP contribution in [-0.2, 0) is 23.7 Å². The van der Waals surface area contributed by atoms with E-state index in [1.807, 2.05) is 4.93 Å². The summed E-state index contributed by atoms with van der Waals surface area (Å²) >= 11 is 14.4. The lowest BCUT2D eigenvalue weighted by Gasteiger charge is -2.31. The summed E-state index contributed by atoms with van der Waals surface area (Å²) in [6.45, 7) is 0. The van der Waals surface area contributed by atoms with Gasteiger partial charge in [-0.2, -0.15) is 89.2 Å². The maximum Gasteiger partial charge on any atom is 0.435 e. The van der Waals surface area contributed by atoms with Crippen LogP contribution in [0.4, 0.5) is 87.8 Å². The summed E-state index contributed by atoms with van der Waals surface area (Å²) in [6, 6.07) is 7.94. The van der Waals surface area contributed by atoms with E-state index in [1.54, 1.807) is 7.05 Å². The number of halogens is 23. The summed E-state index contributed by atoms with van der Waals surface area (Å²) < 4.78 is 270. The average molecular weight is 1300 g/mol. The molecular weight excluding hydrogens is 1270 g/mol. The third-order valence-corrected chi connectivity index (χ3v) is 13.0. The first-order valence-corrected chi connectivity index (χ1v) is 25.2. The molecule has 2 aromatic heterocycles. The van der Waals surface area contributed by atoms with Crippen molar-refractivity contribution in [3.05, 3.63) is 141 Å². The molecule has 0 radical (unpaired) electrons. The number of ketones is 1. The molecule has 2 aliphatic carbocycles. The van der Waals surface area contributed by atoms with Crippen LogP contribution in [0.25, 0.3) is 33.6 Å². The Morgan fingerprint density at radius 1 is 0.532 bits per heavy atom. The highest BCUT2D eigenvalue weighted by Gasteiger charge is 2.75. The Hall–Kier alpha value is -5.65. The lowest BCUT2D eigenvalue weighted by atomic mass is 9.92. The lowest BCUT2D eigenvalue weighted by Crippen LogP contribution is -2.50. The number of aromatic nitrogens is 4. The summed E-state index contributed by atoms with van der Waals surface area (Å²) in [4.78, 5) is 28.8. The van der Waals surface area contributed by atoms with Crippen LogP contribution in [-0.4, -0.2) is 78.9 Å². The molecule has 0 aliphatic heterocycles. The van der Waals surface area contributed by atoms with E-state index in [4.69, 9.17) is 23.2 Å². The fourth-order valence-corrected chi connectivity index (χ4v) is 8.26. The van der Waals surface area contributed by atoms with Crippen LogP contribution in [0.2, 0.25) is 10.0 Å². The minimum atomic E-state index is -6.59. The Labute approximate surface area is 456 Å². The van der Waals surface area contributed by atoms with Gasteiger partial charge in [-0.25, -0.2) is 18.1 Å². The zero-order chi connectivity index (χ0) is 59.4. The number of hydrogen-bond donors (Lipinski definition) is 0. The smallest absolute Gasteiger partial charge is 0.339 e. The zero-order valence-electron chi connectivity index (χ0n) is 39.7. The number of amides is 1. The van der Waals surface area contributed by atoms with E-state index in [2.05, 4.69) is 32.8 Å². The second-order valence-electron chi connectivity index (χ2n) is 17.7. The highest BCUT2D eigenvalue weighted by atomic mass is 127. The number of benzene rings is 4. The summed E-state index contributed by atoms with van der Waals surface area (Å²) in [5, 5.41) is 7.76. The van der Waals surface area contributed by atoms with Crippen LogP contribution >= 0.6 is 45.8 Å². The molecule has 2 aliphatic rings. The van der Waals surface area contributed by atoms with Crippen molar-refractivity contribution in [2.24, 2.45) is 5.92 Å². The molecule has 2 fully saturated rings. The van der Waals surface area contributed by atoms with Gasteiger partial charge in [-0.15, -0.1) is 0 Å². The molecule has 428 valence electrons. The van der Waals surface area contributed by atoms with E-state index in [0.29, 0.717) is 20.5 Å². The molecule has 79 heavy (non-hydrogen) atoms. The van der Waals surface area contributed by atoms with Crippen molar-refractivity contribution in [3.8, 4) is 33.6 Å². The molecule has 7 nitrogen and oxygen atoms in total. The standard InChI is InChI=1S/C24H16ClF10N3O.C24H15ClF10N2O.CH3I/c1-37(15-4-5-15)20(39)16-8-12(2-6-18(16)25)13-10-36-38(11-13)19-7-3-14(9-17(19)22(27,28)29)21(26,23(30,31)32)24(33,34)35;25-18-5-3-13(8-16(18)20(38)7-12-1-2-12)14-10-36-37(11-14)19-6-4-15(9-17(19)22(27,28)29)21(26,23(30,31)32)24(33,34)35;1-2/h2-3,6-11,15H,4-5H2,1H3;3-6,8-12H,1-2,7H2;1H3. The third kappa shape index (κ3) is 12.9. The van der Waals surface area contributed by atoms with E-state index >= 15 is 0 Å². The van der Waals surface area contributed by atoms with E-state index in [9.17, 15) is 97.4 Å². The first-order valence-electron chi connectivity index (χ1n) is 22.3. The Kier molecular flexibility index (Phi) is 17.7. The van der Waals surface area contributed by atoms with Crippen molar-refractivity contribution in [1.29, 1.82) is 0 Å². The predicted octanol–water partition coefficient (Wildman–Crippen LogP) is 17.3. The highest BCUT2D eigenvalue weighted by Crippen LogP contribution is 2.56. The van der Waals surface area contributed by atoms with Gasteiger partial charge in [-0.3, -0.25) is 9.59 Å². The number of carbonyl (C=O) groups excluding carboxylic acids is 2. The Morgan fingerprint density at radius 3 is 1.24 bits per heavy atom. The van der Waals surface area contributed by atoms with Gasteiger partial charge >= 0.3 is 48.4 Å². The fourth-order valence-electron chi connectivity index (χ4n) is 7.84. The van der Waals surface area contributed by atoms with Crippen LogP contribution < -0.4 is 0 Å². The van der Waals surface area contributed by atoms with Gasteiger partial charge in [-0.05, 0) is 96.2 Å². The summed E-state index contributed by atoms with van der Waals surface area (Å²) in [5.41, 5.74) is -21.3. The molecule has 0 saturated heterocycles. The van der Waals surface area contributed by atoms with E-state index in [1.165, 1.54) is 41.3 Å². The lowest BCUT2D eigenvalue weighted by molar-refractivity contribution is -0.349. The van der Waals surface area contributed by atoms with Gasteiger partial charge in [0.1, 0.15) is 0 Å². The number of rotatable bonds is 11. The molecule has 0 N–H and O–H groups in total. The van der Waals surface area contributed by atoms with Crippen LogP contribution in [0.1, 0.15) is 75.1 Å². The summed E-state index contributed by atoms with van der Waals surface area (Å²) in [6.07, 6.45) is -29.4. The number of nitrogens with zero attached hydrogens (tertiary/aromatic N) is 5. The van der Waals surface area contributed by atoms with Gasteiger partial charge in [-0.1, -0.05) is 70.1 Å². The maximum atomic E-state index is 14.4. The molecule has 0 unspecified atom stereocenters. The largest absolute Gasteiger partial charge is 0.435 e. The highest BCUT2D eigenvalue weighted by molar-refractivity contribution is 14.1. The summed E-state index contributed by atoms with van der Waals surface area (Å²) in [7, 11) is 1.59. The van der Waals surface area contributed by atoms with Crippen LogP contribution in [0.15, 0.2) is 97.6 Å². The van der Waals surface area contributed by atoms with Gasteiger partial charge < -0.3 is 4.90 Å². The van der Waals surface area contributed by atoms with Crippen molar-refractivity contribution < 1.29 is 97.4 Å². The molecule has 0 spiro atoms. The molecular formula is C49H34Cl2F20IN5O2. The quantitative estimate of drug-likeness (QED) is 0.0561. The van der Waals surface area contributed by atoms with Gasteiger partial charge in [0, 0.05) is 59.7 Å². The Balaban J connectivity index is 0.000000248. The van der Waals surface area contributed by atoms with Crippen molar-refractivity contribution in [3.63, 3.8) is 0 Å². The normalized spacial score (nSPS) is 14.7. The van der Waals surface area contributed by atoms with Crippen molar-refractivity contribution >= 4 is 57.5 Å². The predicted molar refractivity (Wildman–Crippen MR) is 255 cm³/mol. The molecule has 2 saturated carbocycles. The van der Waals surface area contributed by atoms with E-state index in [0.717, 1.165) is 50.5 Å². The number of hydrogen-bond acceptors (Lipinski definition) is 4. The number of carbonyl (C=O) groups is 2. The van der Waals surface area contributed by atoms with Crippen molar-refractivity contribution in [2.75, 3.05) is 12.0 Å². The molecule has 1 amide bonds. The third-order valence-electron chi connectivity index (χ3n) is 12.3. The van der Waals surface area contributed by atoms with Crippen LogP contribution in [0, 0.1) is 5.92 Å². The molecule has 0 atom stereocenters. The van der Waals surface area contributed by atoms with E-state index in [-0.39, 0.29) is 80.7 Å². The monoisotopic (exact) mass is 1300 g/mol. The topological polar surface area (TPSA) is 73.0 Å². The number of alkyl halides is 21. The molecule has 2 heterocycles. The molecule has 0 bridgehead atoms. The molecule has 6 aromatic rings. The number of Topliss-reactive ketones (excluding diaryl/α,β-unsaturated/α-hetero) is 1. The molecule has 8 rings (SSSR count). The van der Waals surface area contributed by atoms with Crippen LogP contribution in [0.3, 0.4) is 0 Å². The second-order valence-corrected chi connectivity index (χ2v) is 18.5. The van der Waals surface area contributed by atoms with Crippen molar-refractivity contribution in [2.45, 2.75) is 86.5 Å². The first-order chi connectivity index (χ1) is 36.3. The average Bonchev–Trinajstić information content (AvgIpc) is 4.39.